The molecule has 158 valence electrons. The predicted octanol–water partition coefficient (Wildman–Crippen LogP) is 2.80. The summed E-state index contributed by atoms with van der Waals surface area (Å²) in [6.45, 7) is 0.0852. The molecule has 0 fully saturated rings. The lowest BCUT2D eigenvalue weighted by Gasteiger charge is -2.24. The van der Waals surface area contributed by atoms with Crippen LogP contribution in [0.4, 0.5) is 0 Å². The Labute approximate surface area is 177 Å². The fraction of sp³-hybridized carbons (Fsp3) is 0.136. The second-order valence-corrected chi connectivity index (χ2v) is 6.38. The number of furan rings is 1. The highest BCUT2D eigenvalue weighted by Crippen LogP contribution is 2.31. The van der Waals surface area contributed by atoms with E-state index in [4.69, 9.17) is 23.4 Å². The Bertz CT molecular complexity index is 1110. The molecular weight excluding hydrogens is 404 g/mol. The maximum absolute atomic E-state index is 12.3. The smallest absolute Gasteiger partial charge is 0.379 e. The lowest BCUT2D eigenvalue weighted by Crippen LogP contribution is -2.42. The number of amides is 1. The van der Waals surface area contributed by atoms with Crippen molar-refractivity contribution in [1.82, 2.24) is 5.43 Å². The highest BCUT2D eigenvalue weighted by molar-refractivity contribution is 5.89. The van der Waals surface area contributed by atoms with Gasteiger partial charge in [-0.3, -0.25) is 4.79 Å². The first-order chi connectivity index (χ1) is 15.1. The molecule has 2 heterocycles. The van der Waals surface area contributed by atoms with Crippen molar-refractivity contribution >= 4 is 18.1 Å². The standard InChI is InChI=1S/C22H18N2O7/c1-27-19-11-14(8-9-17(19)31-22(26)18-7-4-10-28-18)12-23-24-21(25)20-13-29-15-5-2-3-6-16(15)30-20/h2-12,20H,13H2,1H3,(H,24,25). The molecule has 9 nitrogen and oxygen atoms in total. The summed E-state index contributed by atoms with van der Waals surface area (Å²) < 4.78 is 26.7. The molecule has 1 N–H and O–H groups in total. The summed E-state index contributed by atoms with van der Waals surface area (Å²) >= 11 is 0. The molecule has 0 saturated carbocycles. The SMILES string of the molecule is COc1cc(C=NNC(=O)C2COc3ccccc3O2)ccc1OC(=O)c1ccco1. The van der Waals surface area contributed by atoms with Crippen LogP contribution in [0.15, 0.2) is 70.4 Å². The average Bonchev–Trinajstić information content (AvgIpc) is 3.34. The van der Waals surface area contributed by atoms with Crippen molar-refractivity contribution in [3.05, 3.63) is 72.2 Å². The van der Waals surface area contributed by atoms with E-state index in [2.05, 4.69) is 10.5 Å². The first-order valence-corrected chi connectivity index (χ1v) is 9.29. The minimum absolute atomic E-state index is 0.0759. The van der Waals surface area contributed by atoms with E-state index in [9.17, 15) is 9.59 Å². The number of nitrogens with zero attached hydrogens (tertiary/aromatic N) is 1. The Kier molecular flexibility index (Phi) is 5.84. The minimum atomic E-state index is -0.815. The van der Waals surface area contributed by atoms with Gasteiger partial charge < -0.3 is 23.4 Å². The van der Waals surface area contributed by atoms with Crippen molar-refractivity contribution in [1.29, 1.82) is 0 Å². The molecule has 0 spiro atoms. The van der Waals surface area contributed by atoms with E-state index in [0.29, 0.717) is 22.8 Å². The number of esters is 1. The summed E-state index contributed by atoms with van der Waals surface area (Å²) in [7, 11) is 1.44. The summed E-state index contributed by atoms with van der Waals surface area (Å²) in [4.78, 5) is 24.3. The molecule has 0 bridgehead atoms. The summed E-state index contributed by atoms with van der Waals surface area (Å²) in [6, 6.07) is 15.0. The van der Waals surface area contributed by atoms with Gasteiger partial charge in [0.1, 0.15) is 6.61 Å². The monoisotopic (exact) mass is 422 g/mol. The van der Waals surface area contributed by atoms with E-state index in [1.807, 2.05) is 6.07 Å². The number of nitrogens with one attached hydrogen (secondary N) is 1. The summed E-state index contributed by atoms with van der Waals surface area (Å²) in [6.07, 6.45) is 1.99. The molecule has 1 unspecified atom stereocenters. The maximum Gasteiger partial charge on any atom is 0.379 e. The second kappa shape index (κ2) is 9.04. The van der Waals surface area contributed by atoms with Gasteiger partial charge in [0, 0.05) is 0 Å². The van der Waals surface area contributed by atoms with E-state index in [1.54, 1.807) is 42.5 Å². The lowest BCUT2D eigenvalue weighted by molar-refractivity contribution is -0.130. The molecule has 4 rings (SSSR count). The Balaban J connectivity index is 1.36. The van der Waals surface area contributed by atoms with Crippen molar-refractivity contribution < 1.29 is 33.0 Å². The number of rotatable bonds is 6. The third-order valence-corrected chi connectivity index (χ3v) is 4.30. The molecule has 1 aromatic heterocycles. The van der Waals surface area contributed by atoms with Gasteiger partial charge in [0.15, 0.2) is 23.0 Å². The number of hydrogen-bond donors (Lipinski definition) is 1. The molecule has 1 atom stereocenters. The minimum Gasteiger partial charge on any atom is -0.493 e. The summed E-state index contributed by atoms with van der Waals surface area (Å²) in [5, 5.41) is 3.94. The van der Waals surface area contributed by atoms with Crippen LogP contribution in [0.5, 0.6) is 23.0 Å². The van der Waals surface area contributed by atoms with Gasteiger partial charge in [0.05, 0.1) is 19.6 Å². The Hall–Kier alpha value is -4.27. The van der Waals surface area contributed by atoms with Gasteiger partial charge in [-0.15, -0.1) is 0 Å². The summed E-state index contributed by atoms with van der Waals surface area (Å²) in [5.41, 5.74) is 3.03. The van der Waals surface area contributed by atoms with E-state index in [0.717, 1.165) is 0 Å². The molecule has 31 heavy (non-hydrogen) atoms. The normalized spacial score (nSPS) is 14.8. The first kappa shape index (κ1) is 20.0. The van der Waals surface area contributed by atoms with Crippen LogP contribution in [0.1, 0.15) is 16.1 Å². The van der Waals surface area contributed by atoms with Crippen molar-refractivity contribution in [2.45, 2.75) is 6.10 Å². The van der Waals surface area contributed by atoms with Crippen molar-refractivity contribution in [2.75, 3.05) is 13.7 Å². The van der Waals surface area contributed by atoms with Crippen molar-refractivity contribution in [2.24, 2.45) is 5.10 Å². The molecule has 9 heteroatoms. The molecular formula is C22H18N2O7. The quantitative estimate of drug-likeness (QED) is 0.282. The van der Waals surface area contributed by atoms with Gasteiger partial charge in [0.2, 0.25) is 11.9 Å². The molecule has 0 radical (unpaired) electrons. The zero-order valence-corrected chi connectivity index (χ0v) is 16.4. The number of ether oxygens (including phenoxy) is 4. The summed E-state index contributed by atoms with van der Waals surface area (Å²) in [5.74, 6) is 0.617. The third kappa shape index (κ3) is 4.67. The third-order valence-electron chi connectivity index (χ3n) is 4.30. The number of fused-ring (bicyclic) bond motifs is 1. The van der Waals surface area contributed by atoms with E-state index in [1.165, 1.54) is 25.7 Å². The number of benzene rings is 2. The van der Waals surface area contributed by atoms with Gasteiger partial charge in [-0.2, -0.15) is 5.10 Å². The van der Waals surface area contributed by atoms with Crippen molar-refractivity contribution in [3.63, 3.8) is 0 Å². The Morgan fingerprint density at radius 1 is 1.10 bits per heavy atom. The number of hydrogen-bond acceptors (Lipinski definition) is 8. The topological polar surface area (TPSA) is 109 Å². The number of carbonyl (C=O) groups is 2. The van der Waals surface area contributed by atoms with Crippen LogP contribution in [0.3, 0.4) is 0 Å². The van der Waals surface area contributed by atoms with Crippen LogP contribution >= 0.6 is 0 Å². The number of methoxy groups -OCH3 is 1. The number of hydrazone groups is 1. The van der Waals surface area contributed by atoms with E-state index < -0.39 is 18.0 Å². The maximum atomic E-state index is 12.3. The molecule has 0 saturated heterocycles. The fourth-order valence-corrected chi connectivity index (χ4v) is 2.78. The largest absolute Gasteiger partial charge is 0.493 e. The Morgan fingerprint density at radius 2 is 1.94 bits per heavy atom. The van der Waals surface area contributed by atoms with Gasteiger partial charge in [-0.1, -0.05) is 12.1 Å². The van der Waals surface area contributed by atoms with Gasteiger partial charge in [0.25, 0.3) is 5.91 Å². The highest BCUT2D eigenvalue weighted by Gasteiger charge is 2.27. The Morgan fingerprint density at radius 3 is 2.71 bits per heavy atom. The molecule has 2 aromatic carbocycles. The van der Waals surface area contributed by atoms with Crippen LogP contribution in [0.2, 0.25) is 0 Å². The van der Waals surface area contributed by atoms with E-state index >= 15 is 0 Å². The highest BCUT2D eigenvalue weighted by atomic mass is 16.6. The van der Waals surface area contributed by atoms with E-state index in [-0.39, 0.29) is 18.1 Å². The zero-order chi connectivity index (χ0) is 21.6. The van der Waals surface area contributed by atoms with Gasteiger partial charge in [-0.05, 0) is 48.0 Å². The van der Waals surface area contributed by atoms with Crippen LogP contribution in [0, 0.1) is 0 Å². The van der Waals surface area contributed by atoms with Gasteiger partial charge >= 0.3 is 5.97 Å². The fourth-order valence-electron chi connectivity index (χ4n) is 2.78. The molecule has 1 amide bonds. The van der Waals surface area contributed by atoms with Crippen molar-refractivity contribution in [3.8, 4) is 23.0 Å². The second-order valence-electron chi connectivity index (χ2n) is 6.38. The van der Waals surface area contributed by atoms with Crippen LogP contribution < -0.4 is 24.4 Å². The molecule has 1 aliphatic rings. The predicted molar refractivity (Wildman–Crippen MR) is 109 cm³/mol. The average molecular weight is 422 g/mol. The van der Waals surface area contributed by atoms with Crippen LogP contribution in [-0.2, 0) is 4.79 Å². The first-order valence-electron chi connectivity index (χ1n) is 9.29. The van der Waals surface area contributed by atoms with Gasteiger partial charge in [-0.25, -0.2) is 10.2 Å². The zero-order valence-electron chi connectivity index (χ0n) is 16.4. The number of carbonyl (C=O) groups excluding carboxylic acids is 2. The van der Waals surface area contributed by atoms with Crippen LogP contribution in [0.25, 0.3) is 0 Å². The number of para-hydroxylation sites is 2. The molecule has 0 aliphatic carbocycles. The van der Waals surface area contributed by atoms with Crippen LogP contribution in [-0.4, -0.2) is 37.9 Å². The molecule has 3 aromatic rings. The lowest BCUT2D eigenvalue weighted by atomic mass is 10.2. The molecule has 1 aliphatic heterocycles.